The Balaban J connectivity index is 1.36. The van der Waals surface area contributed by atoms with Crippen molar-refractivity contribution < 1.29 is 69.0 Å². The molecule has 8 N–H and O–H groups in total. The van der Waals surface area contributed by atoms with Crippen molar-refractivity contribution in [1.82, 2.24) is 0 Å². The van der Waals surface area contributed by atoms with E-state index in [1.807, 2.05) is 0 Å². The van der Waals surface area contributed by atoms with Gasteiger partial charge in [0.1, 0.15) is 71.0 Å². The normalized spacial score (nSPS) is 32.9. The molecule has 0 spiro atoms. The van der Waals surface area contributed by atoms with E-state index in [0.717, 1.165) is 12.1 Å². The van der Waals surface area contributed by atoms with Crippen LogP contribution in [0.1, 0.15) is 6.92 Å². The van der Waals surface area contributed by atoms with E-state index in [0.29, 0.717) is 5.56 Å². The summed E-state index contributed by atoms with van der Waals surface area (Å²) in [4.78, 5) is 12.8. The highest BCUT2D eigenvalue weighted by molar-refractivity contribution is 5.86. The summed E-state index contributed by atoms with van der Waals surface area (Å²) in [6, 6.07) is 7.78. The molecular formula is C28H32O15. The maximum absolute atomic E-state index is 12.8. The quantitative estimate of drug-likeness (QED) is 0.159. The molecule has 2 fully saturated rings. The molecule has 0 saturated carbocycles. The molecule has 43 heavy (non-hydrogen) atoms. The molecule has 0 unspecified atom stereocenters. The van der Waals surface area contributed by atoms with Gasteiger partial charge in [-0.15, -0.1) is 0 Å². The average molecular weight is 609 g/mol. The molecule has 2 aliphatic heterocycles. The summed E-state index contributed by atoms with van der Waals surface area (Å²) in [6.45, 7) is 0.953. The fraction of sp³-hybridized carbons (Fsp3) is 0.464. The maximum atomic E-state index is 12.8. The largest absolute Gasteiger partial charge is 0.507 e. The van der Waals surface area contributed by atoms with Crippen LogP contribution >= 0.6 is 0 Å². The van der Waals surface area contributed by atoms with Crippen molar-refractivity contribution in [3.05, 3.63) is 46.6 Å². The SMILES string of the molecule is COc1ccc(-c2cc(=O)c3c(O)cc(O[C@H]4O[C@@H](CO[C@H]5O[C@H](C)[C@@H](O)[C@H](O)[C@@H]5O)[C@H](O)[C@@H](O)[C@@H]4O)cc3o2)cc1O. The van der Waals surface area contributed by atoms with Crippen LogP contribution in [0.4, 0.5) is 0 Å². The molecule has 0 amide bonds. The Morgan fingerprint density at radius 3 is 2.19 bits per heavy atom. The molecule has 0 radical (unpaired) electrons. The summed E-state index contributed by atoms with van der Waals surface area (Å²) in [7, 11) is 1.38. The van der Waals surface area contributed by atoms with E-state index in [9.17, 15) is 45.6 Å². The Kier molecular flexibility index (Phi) is 8.80. The molecule has 0 aliphatic carbocycles. The number of methoxy groups -OCH3 is 1. The van der Waals surface area contributed by atoms with Crippen molar-refractivity contribution in [2.24, 2.45) is 0 Å². The van der Waals surface area contributed by atoms with Crippen LogP contribution < -0.4 is 14.9 Å². The van der Waals surface area contributed by atoms with Crippen molar-refractivity contribution >= 4 is 11.0 Å². The Morgan fingerprint density at radius 2 is 1.49 bits per heavy atom. The summed E-state index contributed by atoms with van der Waals surface area (Å²) < 4.78 is 32.9. The lowest BCUT2D eigenvalue weighted by Gasteiger charge is -2.42. The lowest BCUT2D eigenvalue weighted by Crippen LogP contribution is -2.61. The Bertz CT molecular complexity index is 1510. The highest BCUT2D eigenvalue weighted by atomic mass is 16.7. The molecule has 2 saturated heterocycles. The van der Waals surface area contributed by atoms with Gasteiger partial charge in [-0.05, 0) is 25.1 Å². The smallest absolute Gasteiger partial charge is 0.229 e. The van der Waals surface area contributed by atoms with Crippen LogP contribution in [-0.4, -0.2) is 116 Å². The highest BCUT2D eigenvalue weighted by Gasteiger charge is 2.47. The fourth-order valence-corrected chi connectivity index (χ4v) is 4.92. The molecule has 15 nitrogen and oxygen atoms in total. The van der Waals surface area contributed by atoms with E-state index in [1.165, 1.54) is 32.2 Å². The van der Waals surface area contributed by atoms with Crippen molar-refractivity contribution in [2.45, 2.75) is 68.3 Å². The van der Waals surface area contributed by atoms with Gasteiger partial charge in [0.2, 0.25) is 6.29 Å². The van der Waals surface area contributed by atoms with E-state index in [-0.39, 0.29) is 34.0 Å². The molecule has 1 aromatic heterocycles. The highest BCUT2D eigenvalue weighted by Crippen LogP contribution is 2.35. The minimum absolute atomic E-state index is 0.0517. The van der Waals surface area contributed by atoms with Gasteiger partial charge < -0.3 is 69.0 Å². The standard InChI is InChI=1S/C28H32O15/c1-10-21(32)23(34)25(36)27(40-10)39-9-19-22(33)24(35)26(37)28(43-19)41-12-6-14(30)20-15(31)8-17(42-18(20)7-12)11-3-4-16(38-2)13(29)5-11/h3-8,10,19,21-30,32-37H,9H2,1-2H3/t10-,19+,21-,22+,23+,24-,25+,26+,27+,28+/m1/s1. The lowest BCUT2D eigenvalue weighted by molar-refractivity contribution is -0.318. The van der Waals surface area contributed by atoms with Gasteiger partial charge in [0, 0.05) is 23.8 Å². The Morgan fingerprint density at radius 1 is 0.791 bits per heavy atom. The molecule has 15 heteroatoms. The number of benzene rings is 2. The Hall–Kier alpha value is -3.51. The van der Waals surface area contributed by atoms with Crippen LogP contribution in [-0.2, 0) is 14.2 Å². The third-order valence-corrected chi connectivity index (χ3v) is 7.40. The van der Waals surface area contributed by atoms with Crippen molar-refractivity contribution in [2.75, 3.05) is 13.7 Å². The summed E-state index contributed by atoms with van der Waals surface area (Å²) in [5, 5.41) is 82.0. The monoisotopic (exact) mass is 608 g/mol. The molecule has 3 aromatic rings. The number of aromatic hydroxyl groups is 2. The third-order valence-electron chi connectivity index (χ3n) is 7.40. The van der Waals surface area contributed by atoms with Crippen molar-refractivity contribution in [3.63, 3.8) is 0 Å². The maximum Gasteiger partial charge on any atom is 0.229 e. The molecule has 2 aromatic carbocycles. The van der Waals surface area contributed by atoms with Gasteiger partial charge in [0.25, 0.3) is 0 Å². The number of rotatable bonds is 7. The molecule has 2 aliphatic rings. The zero-order chi connectivity index (χ0) is 31.2. The number of hydrogen-bond donors (Lipinski definition) is 8. The van der Waals surface area contributed by atoms with Crippen LogP contribution in [0.5, 0.6) is 23.0 Å². The van der Waals surface area contributed by atoms with Gasteiger partial charge in [-0.3, -0.25) is 4.79 Å². The lowest BCUT2D eigenvalue weighted by atomic mass is 9.98. The topological polar surface area (TPSA) is 238 Å². The molecule has 5 rings (SSSR count). The van der Waals surface area contributed by atoms with E-state index in [2.05, 4.69) is 0 Å². The van der Waals surface area contributed by atoms with Gasteiger partial charge >= 0.3 is 0 Å². The van der Waals surface area contributed by atoms with Gasteiger partial charge in [-0.2, -0.15) is 0 Å². The van der Waals surface area contributed by atoms with Gasteiger partial charge in [-0.25, -0.2) is 0 Å². The number of phenols is 2. The van der Waals surface area contributed by atoms with Crippen LogP contribution in [0.2, 0.25) is 0 Å². The molecule has 234 valence electrons. The van der Waals surface area contributed by atoms with E-state index < -0.39 is 79.2 Å². The van der Waals surface area contributed by atoms with Gasteiger partial charge in [-0.1, -0.05) is 0 Å². The number of fused-ring (bicyclic) bond motifs is 1. The second-order valence-electron chi connectivity index (χ2n) is 10.3. The number of phenolic OH excluding ortho intramolecular Hbond substituents is 2. The van der Waals surface area contributed by atoms with Crippen LogP contribution in [0.3, 0.4) is 0 Å². The minimum atomic E-state index is -1.78. The summed E-state index contributed by atoms with van der Waals surface area (Å²) in [6.07, 6.45) is -15.0. The number of hydrogen-bond acceptors (Lipinski definition) is 15. The van der Waals surface area contributed by atoms with Crippen LogP contribution in [0, 0.1) is 0 Å². The molecule has 0 bridgehead atoms. The number of aliphatic hydroxyl groups excluding tert-OH is 6. The van der Waals surface area contributed by atoms with Gasteiger partial charge in [0.15, 0.2) is 23.2 Å². The third kappa shape index (κ3) is 5.99. The number of aliphatic hydroxyl groups is 6. The Labute approximate surface area is 243 Å². The van der Waals surface area contributed by atoms with Crippen LogP contribution in [0.25, 0.3) is 22.3 Å². The summed E-state index contributed by atoms with van der Waals surface area (Å²) >= 11 is 0. The second-order valence-corrected chi connectivity index (χ2v) is 10.3. The zero-order valence-electron chi connectivity index (χ0n) is 22.9. The molecule has 3 heterocycles. The first kappa shape index (κ1) is 30.9. The number of ether oxygens (including phenoxy) is 5. The molecular weight excluding hydrogens is 576 g/mol. The van der Waals surface area contributed by atoms with Gasteiger partial charge in [0.05, 0.1) is 19.8 Å². The first-order valence-electron chi connectivity index (χ1n) is 13.3. The second kappa shape index (κ2) is 12.2. The fourth-order valence-electron chi connectivity index (χ4n) is 4.92. The van der Waals surface area contributed by atoms with Crippen molar-refractivity contribution in [1.29, 1.82) is 0 Å². The summed E-state index contributed by atoms with van der Waals surface area (Å²) in [5.41, 5.74) is -0.381. The predicted octanol–water partition coefficient (Wildman–Crippen LogP) is -1.09. The predicted molar refractivity (Wildman–Crippen MR) is 143 cm³/mol. The first-order chi connectivity index (χ1) is 20.4. The molecule has 10 atom stereocenters. The summed E-state index contributed by atoms with van der Waals surface area (Å²) in [5.74, 6) is -0.605. The van der Waals surface area contributed by atoms with E-state index >= 15 is 0 Å². The van der Waals surface area contributed by atoms with E-state index in [4.69, 9.17) is 28.1 Å². The van der Waals surface area contributed by atoms with E-state index in [1.54, 1.807) is 6.07 Å². The zero-order valence-corrected chi connectivity index (χ0v) is 22.9. The van der Waals surface area contributed by atoms with Crippen LogP contribution in [0.15, 0.2) is 45.6 Å². The minimum Gasteiger partial charge on any atom is -0.507 e. The van der Waals surface area contributed by atoms with Crippen molar-refractivity contribution in [3.8, 4) is 34.3 Å². The first-order valence-corrected chi connectivity index (χ1v) is 13.3. The average Bonchev–Trinajstić information content (AvgIpc) is 2.97.